The molecule has 0 saturated heterocycles. The molecule has 6 heteroatoms. The molecule has 2 heterocycles. The normalized spacial score (nSPS) is 34.4. The van der Waals surface area contributed by atoms with Gasteiger partial charge in [-0.25, -0.2) is 4.79 Å². The molecule has 1 aromatic rings. The van der Waals surface area contributed by atoms with Crippen LogP contribution in [-0.2, 0) is 21.7 Å². The molecule has 1 N–H and O–H groups in total. The van der Waals surface area contributed by atoms with Crippen LogP contribution in [0.25, 0.3) is 0 Å². The lowest BCUT2D eigenvalue weighted by atomic mass is 9.49. The summed E-state index contributed by atoms with van der Waals surface area (Å²) in [6, 6.07) is 0. The van der Waals surface area contributed by atoms with E-state index in [2.05, 4.69) is 5.32 Å². The molecule has 6 rings (SSSR count). The van der Waals surface area contributed by atoms with Gasteiger partial charge in [-0.05, 0) is 74.0 Å². The molecule has 4 saturated carbocycles. The summed E-state index contributed by atoms with van der Waals surface area (Å²) in [7, 11) is 1.43. The summed E-state index contributed by atoms with van der Waals surface area (Å²) in [5, 5.41) is 3.94. The lowest BCUT2D eigenvalue weighted by molar-refractivity contribution is -0.140. The summed E-state index contributed by atoms with van der Waals surface area (Å²) >= 11 is 3.48. The molecule has 0 radical (unpaired) electrons. The molecule has 0 aromatic carbocycles. The van der Waals surface area contributed by atoms with E-state index in [4.69, 9.17) is 4.74 Å². The first-order valence-electron chi connectivity index (χ1n) is 9.70. The zero-order valence-electron chi connectivity index (χ0n) is 15.1. The number of thioether (sulfide) groups is 1. The first-order chi connectivity index (χ1) is 12.6. The molecular formula is C20H25NO3S2. The molecule has 140 valence electrons. The zero-order chi connectivity index (χ0) is 17.9. The highest BCUT2D eigenvalue weighted by Crippen LogP contribution is 2.60. The third kappa shape index (κ3) is 2.63. The number of hydrogen-bond acceptors (Lipinski definition) is 5. The van der Waals surface area contributed by atoms with E-state index in [9.17, 15) is 9.59 Å². The number of fused-ring (bicyclic) bond motifs is 1. The van der Waals surface area contributed by atoms with Crippen LogP contribution in [0.2, 0.25) is 0 Å². The second-order valence-corrected chi connectivity index (χ2v) is 10.9. The van der Waals surface area contributed by atoms with Crippen molar-refractivity contribution in [3.05, 3.63) is 16.0 Å². The van der Waals surface area contributed by atoms with Crippen molar-refractivity contribution in [3.63, 3.8) is 0 Å². The molecule has 4 aliphatic carbocycles. The lowest BCUT2D eigenvalue weighted by Crippen LogP contribution is -2.51. The molecule has 4 bridgehead atoms. The van der Waals surface area contributed by atoms with E-state index in [-0.39, 0.29) is 17.3 Å². The Labute approximate surface area is 162 Å². The van der Waals surface area contributed by atoms with Crippen molar-refractivity contribution in [3.8, 4) is 0 Å². The van der Waals surface area contributed by atoms with E-state index < -0.39 is 0 Å². The molecule has 5 aliphatic rings. The summed E-state index contributed by atoms with van der Waals surface area (Å²) < 4.78 is 5.04. The lowest BCUT2D eigenvalue weighted by Gasteiger charge is -2.55. The highest BCUT2D eigenvalue weighted by molar-refractivity contribution is 7.98. The van der Waals surface area contributed by atoms with Gasteiger partial charge >= 0.3 is 5.97 Å². The largest absolute Gasteiger partial charge is 0.465 e. The Hall–Kier alpha value is -1.01. The molecule has 26 heavy (non-hydrogen) atoms. The third-order valence-electron chi connectivity index (χ3n) is 6.96. The Morgan fingerprint density at radius 1 is 1.12 bits per heavy atom. The van der Waals surface area contributed by atoms with E-state index in [0.717, 1.165) is 65.5 Å². The summed E-state index contributed by atoms with van der Waals surface area (Å²) in [6.07, 6.45) is 7.98. The molecule has 0 spiro atoms. The van der Waals surface area contributed by atoms with Crippen molar-refractivity contribution in [2.75, 3.05) is 18.2 Å². The maximum absolute atomic E-state index is 13.4. The number of ether oxygens (including phenoxy) is 1. The summed E-state index contributed by atoms with van der Waals surface area (Å²) in [5.41, 5.74) is 1.52. The second kappa shape index (κ2) is 6.26. The summed E-state index contributed by atoms with van der Waals surface area (Å²) in [6.45, 7) is 0. The van der Waals surface area contributed by atoms with Crippen LogP contribution in [0.5, 0.6) is 0 Å². The van der Waals surface area contributed by atoms with Crippen LogP contribution in [0.15, 0.2) is 0 Å². The maximum Gasteiger partial charge on any atom is 0.341 e. The fourth-order valence-electron chi connectivity index (χ4n) is 6.26. The van der Waals surface area contributed by atoms with Gasteiger partial charge in [-0.3, -0.25) is 4.79 Å². The highest BCUT2D eigenvalue weighted by atomic mass is 32.2. The van der Waals surface area contributed by atoms with Gasteiger partial charge in [-0.15, -0.1) is 11.3 Å². The Bertz CT molecular complexity index is 734. The third-order valence-corrected chi connectivity index (χ3v) is 9.27. The van der Waals surface area contributed by atoms with E-state index >= 15 is 0 Å². The van der Waals surface area contributed by atoms with Crippen molar-refractivity contribution in [1.82, 2.24) is 0 Å². The fraction of sp³-hybridized carbons (Fsp3) is 0.700. The van der Waals surface area contributed by atoms with Crippen molar-refractivity contribution in [2.24, 2.45) is 23.2 Å². The van der Waals surface area contributed by atoms with Crippen molar-refractivity contribution < 1.29 is 14.3 Å². The summed E-state index contributed by atoms with van der Waals surface area (Å²) in [4.78, 5) is 27.0. The predicted octanol–water partition coefficient (Wildman–Crippen LogP) is 4.48. The molecule has 4 nitrogen and oxygen atoms in total. The van der Waals surface area contributed by atoms with Gasteiger partial charge in [0.15, 0.2) is 0 Å². The van der Waals surface area contributed by atoms with Crippen LogP contribution in [-0.4, -0.2) is 24.7 Å². The molecule has 1 amide bonds. The molecule has 0 unspecified atom stereocenters. The standard InChI is InChI=1S/C20H25NO3S2/c1-24-18(22)16-14-2-3-25-10-15(14)26-17(16)21-19(23)20-7-11-4-12(8-20)6-13(5-11)9-20/h11-13H,2-10H2,1H3,(H,21,23). The van der Waals surface area contributed by atoms with E-state index in [1.54, 1.807) is 11.3 Å². The Kier molecular flexibility index (Phi) is 4.12. The minimum atomic E-state index is -0.310. The average Bonchev–Trinajstić information content (AvgIpc) is 2.97. The van der Waals surface area contributed by atoms with Gasteiger partial charge in [-0.2, -0.15) is 11.8 Å². The van der Waals surface area contributed by atoms with E-state index in [1.807, 2.05) is 11.8 Å². The number of amides is 1. The van der Waals surface area contributed by atoms with Gasteiger partial charge in [0.1, 0.15) is 5.00 Å². The summed E-state index contributed by atoms with van der Waals surface area (Å²) in [5.74, 6) is 4.01. The zero-order valence-corrected chi connectivity index (χ0v) is 16.8. The number of thiophene rings is 1. The quantitative estimate of drug-likeness (QED) is 0.772. The van der Waals surface area contributed by atoms with Crippen molar-refractivity contribution in [2.45, 2.75) is 50.7 Å². The number of carbonyl (C=O) groups is 2. The van der Waals surface area contributed by atoms with Crippen molar-refractivity contribution >= 4 is 40.0 Å². The topological polar surface area (TPSA) is 55.4 Å². The Balaban J connectivity index is 1.45. The number of carbonyl (C=O) groups excluding carboxylic acids is 2. The molecular weight excluding hydrogens is 366 g/mol. The first kappa shape index (κ1) is 17.1. The van der Waals surface area contributed by atoms with Crippen LogP contribution in [0.4, 0.5) is 5.00 Å². The predicted molar refractivity (Wildman–Crippen MR) is 105 cm³/mol. The van der Waals surface area contributed by atoms with E-state index in [0.29, 0.717) is 5.56 Å². The van der Waals surface area contributed by atoms with Crippen LogP contribution in [0, 0.1) is 23.2 Å². The molecule has 4 fully saturated rings. The second-order valence-electron chi connectivity index (χ2n) is 8.65. The van der Waals surface area contributed by atoms with Gasteiger partial charge in [0, 0.05) is 10.6 Å². The monoisotopic (exact) mass is 391 g/mol. The Morgan fingerprint density at radius 3 is 2.38 bits per heavy atom. The number of nitrogens with one attached hydrogen (secondary N) is 1. The van der Waals surface area contributed by atoms with Crippen LogP contribution in [0.1, 0.15) is 59.3 Å². The number of rotatable bonds is 3. The van der Waals surface area contributed by atoms with Crippen LogP contribution < -0.4 is 5.32 Å². The average molecular weight is 392 g/mol. The smallest absolute Gasteiger partial charge is 0.341 e. The number of esters is 1. The van der Waals surface area contributed by atoms with Crippen LogP contribution >= 0.6 is 23.1 Å². The number of anilines is 1. The van der Waals surface area contributed by atoms with Gasteiger partial charge < -0.3 is 10.1 Å². The van der Waals surface area contributed by atoms with Crippen LogP contribution in [0.3, 0.4) is 0 Å². The minimum absolute atomic E-state index is 0.160. The van der Waals surface area contributed by atoms with Gasteiger partial charge in [0.05, 0.1) is 18.1 Å². The van der Waals surface area contributed by atoms with Gasteiger partial charge in [0.2, 0.25) is 5.91 Å². The first-order valence-corrected chi connectivity index (χ1v) is 11.7. The van der Waals surface area contributed by atoms with E-state index in [1.165, 1.54) is 31.2 Å². The minimum Gasteiger partial charge on any atom is -0.465 e. The number of methoxy groups -OCH3 is 1. The molecule has 1 aromatic heterocycles. The molecule has 0 atom stereocenters. The van der Waals surface area contributed by atoms with Gasteiger partial charge in [-0.1, -0.05) is 0 Å². The van der Waals surface area contributed by atoms with Crippen molar-refractivity contribution in [1.29, 1.82) is 0 Å². The number of hydrogen-bond donors (Lipinski definition) is 1. The fourth-order valence-corrected chi connectivity index (χ4v) is 8.63. The highest BCUT2D eigenvalue weighted by Gasteiger charge is 2.54. The Morgan fingerprint density at radius 2 is 1.77 bits per heavy atom. The maximum atomic E-state index is 13.4. The molecule has 1 aliphatic heterocycles. The SMILES string of the molecule is COC(=O)c1c(NC(=O)C23CC4CC(CC(C4)C2)C3)sc2c1CCSC2. The van der Waals surface area contributed by atoms with Gasteiger partial charge in [0.25, 0.3) is 0 Å².